The Morgan fingerprint density at radius 2 is 2.10 bits per heavy atom. The van der Waals surface area contributed by atoms with Gasteiger partial charge >= 0.3 is 0 Å². The van der Waals surface area contributed by atoms with E-state index < -0.39 is 6.10 Å². The number of methoxy groups -OCH3 is 1. The van der Waals surface area contributed by atoms with Crippen molar-refractivity contribution in [1.29, 1.82) is 0 Å². The molecule has 0 unspecified atom stereocenters. The van der Waals surface area contributed by atoms with Gasteiger partial charge < -0.3 is 14.7 Å². The van der Waals surface area contributed by atoms with Crippen molar-refractivity contribution in [3.63, 3.8) is 0 Å². The summed E-state index contributed by atoms with van der Waals surface area (Å²) in [6, 6.07) is 8.45. The molecule has 4 nitrogen and oxygen atoms in total. The van der Waals surface area contributed by atoms with Crippen molar-refractivity contribution in [3.05, 3.63) is 35.4 Å². The van der Waals surface area contributed by atoms with Gasteiger partial charge in [-0.3, -0.25) is 4.79 Å². The van der Waals surface area contributed by atoms with Crippen molar-refractivity contribution in [2.75, 3.05) is 26.8 Å². The van der Waals surface area contributed by atoms with Crippen LogP contribution in [-0.2, 0) is 16.0 Å². The highest BCUT2D eigenvalue weighted by atomic mass is 16.5. The second-order valence-electron chi connectivity index (χ2n) is 5.89. The topological polar surface area (TPSA) is 49.8 Å². The second kappa shape index (κ2) is 7.57. The molecule has 0 aliphatic carbocycles. The minimum Gasteiger partial charge on any atom is -0.391 e. The molecule has 0 saturated carbocycles. The smallest absolute Gasteiger partial charge is 0.224 e. The lowest BCUT2D eigenvalue weighted by Crippen LogP contribution is -2.47. The minimum absolute atomic E-state index is 0.0738. The molecule has 0 radical (unpaired) electrons. The zero-order valence-electron chi connectivity index (χ0n) is 12.9. The van der Waals surface area contributed by atoms with Crippen molar-refractivity contribution in [2.45, 2.75) is 32.3 Å². The van der Waals surface area contributed by atoms with E-state index in [1.165, 1.54) is 11.1 Å². The maximum Gasteiger partial charge on any atom is 0.224 e. The highest BCUT2D eigenvalue weighted by Crippen LogP contribution is 2.23. The number of hydrogen-bond donors (Lipinski definition) is 1. The SMILES string of the molecule is COCCC(=O)N1CC[C@H](Cc2ccc(C)cc2)[C@@H](O)C1. The predicted octanol–water partition coefficient (Wildman–Crippen LogP) is 1.78. The number of nitrogens with zero attached hydrogens (tertiary/aromatic N) is 1. The van der Waals surface area contributed by atoms with Gasteiger partial charge in [0.1, 0.15) is 0 Å². The lowest BCUT2D eigenvalue weighted by atomic mass is 9.87. The quantitative estimate of drug-likeness (QED) is 0.899. The summed E-state index contributed by atoms with van der Waals surface area (Å²) in [5.41, 5.74) is 2.50. The Morgan fingerprint density at radius 1 is 1.38 bits per heavy atom. The van der Waals surface area contributed by atoms with Gasteiger partial charge in [0, 0.05) is 20.2 Å². The van der Waals surface area contributed by atoms with Crippen LogP contribution in [0.1, 0.15) is 24.0 Å². The molecular weight excluding hydrogens is 266 g/mol. The third kappa shape index (κ3) is 4.55. The van der Waals surface area contributed by atoms with E-state index in [1.54, 1.807) is 12.0 Å². The zero-order valence-corrected chi connectivity index (χ0v) is 12.9. The fourth-order valence-electron chi connectivity index (χ4n) is 2.82. The molecule has 4 heteroatoms. The van der Waals surface area contributed by atoms with E-state index in [4.69, 9.17) is 4.74 Å². The van der Waals surface area contributed by atoms with Gasteiger partial charge in [-0.05, 0) is 31.2 Å². The number of hydrogen-bond acceptors (Lipinski definition) is 3. The lowest BCUT2D eigenvalue weighted by Gasteiger charge is -2.36. The number of aliphatic hydroxyl groups is 1. The lowest BCUT2D eigenvalue weighted by molar-refractivity contribution is -0.136. The van der Waals surface area contributed by atoms with Gasteiger partial charge in [-0.15, -0.1) is 0 Å². The van der Waals surface area contributed by atoms with Crippen molar-refractivity contribution in [1.82, 2.24) is 4.90 Å². The first-order valence-corrected chi connectivity index (χ1v) is 7.60. The molecule has 1 heterocycles. The molecule has 0 aromatic heterocycles. The summed E-state index contributed by atoms with van der Waals surface area (Å²) >= 11 is 0. The molecule has 1 fully saturated rings. The number of aliphatic hydroxyl groups excluding tert-OH is 1. The number of ether oxygens (including phenoxy) is 1. The Balaban J connectivity index is 1.86. The first-order chi connectivity index (χ1) is 10.1. The molecule has 1 saturated heterocycles. The molecular formula is C17H25NO3. The highest BCUT2D eigenvalue weighted by Gasteiger charge is 2.29. The van der Waals surface area contributed by atoms with Gasteiger partial charge in [0.25, 0.3) is 0 Å². The molecule has 21 heavy (non-hydrogen) atoms. The van der Waals surface area contributed by atoms with Gasteiger partial charge in [-0.1, -0.05) is 29.8 Å². The van der Waals surface area contributed by atoms with Crippen LogP contribution in [0, 0.1) is 12.8 Å². The van der Waals surface area contributed by atoms with Gasteiger partial charge in [-0.2, -0.15) is 0 Å². The Kier molecular flexibility index (Phi) is 5.76. The Labute approximate surface area is 126 Å². The van der Waals surface area contributed by atoms with Gasteiger partial charge in [-0.25, -0.2) is 0 Å². The first kappa shape index (κ1) is 16.0. The number of β-amino-alcohol motifs (C(OH)–C–C–N with tert-alkyl or cyclic N) is 1. The van der Waals surface area contributed by atoms with Crippen molar-refractivity contribution < 1.29 is 14.6 Å². The fourth-order valence-corrected chi connectivity index (χ4v) is 2.82. The number of rotatable bonds is 5. The van der Waals surface area contributed by atoms with E-state index in [0.717, 1.165) is 19.4 Å². The van der Waals surface area contributed by atoms with Crippen LogP contribution in [0.4, 0.5) is 0 Å². The molecule has 116 valence electrons. The van der Waals surface area contributed by atoms with E-state index in [1.807, 2.05) is 0 Å². The molecule has 1 aromatic rings. The van der Waals surface area contributed by atoms with E-state index in [0.29, 0.717) is 19.6 Å². The molecule has 1 aliphatic rings. The molecule has 1 N–H and O–H groups in total. The molecule has 0 spiro atoms. The van der Waals surface area contributed by atoms with Crippen LogP contribution in [0.5, 0.6) is 0 Å². The summed E-state index contributed by atoms with van der Waals surface area (Å²) in [5, 5.41) is 10.3. The van der Waals surface area contributed by atoms with Crippen molar-refractivity contribution in [3.8, 4) is 0 Å². The van der Waals surface area contributed by atoms with Crippen LogP contribution < -0.4 is 0 Å². The number of piperidine rings is 1. The summed E-state index contributed by atoms with van der Waals surface area (Å²) in [5.74, 6) is 0.309. The predicted molar refractivity (Wildman–Crippen MR) is 82.1 cm³/mol. The number of benzene rings is 1. The Bertz CT molecular complexity index is 458. The summed E-state index contributed by atoms with van der Waals surface area (Å²) in [4.78, 5) is 13.7. The highest BCUT2D eigenvalue weighted by molar-refractivity contribution is 5.76. The van der Waals surface area contributed by atoms with Crippen LogP contribution in [-0.4, -0.2) is 48.8 Å². The van der Waals surface area contributed by atoms with E-state index in [-0.39, 0.29) is 11.8 Å². The number of amides is 1. The molecule has 1 aliphatic heterocycles. The van der Waals surface area contributed by atoms with Gasteiger partial charge in [0.2, 0.25) is 5.91 Å². The number of carbonyl (C=O) groups is 1. The number of aryl methyl sites for hydroxylation is 1. The van der Waals surface area contributed by atoms with E-state index in [9.17, 15) is 9.90 Å². The molecule has 1 amide bonds. The van der Waals surface area contributed by atoms with E-state index >= 15 is 0 Å². The average Bonchev–Trinajstić information content (AvgIpc) is 2.49. The van der Waals surface area contributed by atoms with Gasteiger partial charge in [0.05, 0.1) is 19.1 Å². The Hall–Kier alpha value is -1.39. The molecule has 1 aromatic carbocycles. The first-order valence-electron chi connectivity index (χ1n) is 7.60. The molecule has 2 atom stereocenters. The van der Waals surface area contributed by atoms with Crippen LogP contribution in [0.15, 0.2) is 24.3 Å². The molecule has 2 rings (SSSR count). The van der Waals surface area contributed by atoms with Crippen LogP contribution in [0.25, 0.3) is 0 Å². The minimum atomic E-state index is -0.438. The zero-order chi connectivity index (χ0) is 15.2. The van der Waals surface area contributed by atoms with Crippen LogP contribution in [0.3, 0.4) is 0 Å². The normalized spacial score (nSPS) is 22.3. The van der Waals surface area contributed by atoms with Crippen molar-refractivity contribution in [2.24, 2.45) is 5.92 Å². The largest absolute Gasteiger partial charge is 0.391 e. The van der Waals surface area contributed by atoms with Crippen molar-refractivity contribution >= 4 is 5.91 Å². The number of likely N-dealkylation sites (tertiary alicyclic amines) is 1. The van der Waals surface area contributed by atoms with Gasteiger partial charge in [0.15, 0.2) is 0 Å². The third-order valence-electron chi connectivity index (χ3n) is 4.21. The summed E-state index contributed by atoms with van der Waals surface area (Å²) < 4.78 is 4.93. The maximum atomic E-state index is 11.9. The van der Waals surface area contributed by atoms with Crippen LogP contribution >= 0.6 is 0 Å². The molecule has 0 bridgehead atoms. The van der Waals surface area contributed by atoms with E-state index in [2.05, 4.69) is 31.2 Å². The monoisotopic (exact) mass is 291 g/mol. The fraction of sp³-hybridized carbons (Fsp3) is 0.588. The second-order valence-corrected chi connectivity index (χ2v) is 5.89. The van der Waals surface area contributed by atoms with Crippen LogP contribution in [0.2, 0.25) is 0 Å². The maximum absolute atomic E-state index is 11.9. The Morgan fingerprint density at radius 3 is 2.71 bits per heavy atom. The summed E-state index contributed by atoms with van der Waals surface area (Å²) in [6.45, 7) is 3.69. The standard InChI is InChI=1S/C17H25NO3/c1-13-3-5-14(6-4-13)11-15-7-9-18(12-16(15)19)17(20)8-10-21-2/h3-6,15-16,19H,7-12H2,1-2H3/t15-,16+/m1/s1. The third-order valence-corrected chi connectivity index (χ3v) is 4.21. The summed E-state index contributed by atoms with van der Waals surface area (Å²) in [7, 11) is 1.59. The summed E-state index contributed by atoms with van der Waals surface area (Å²) in [6.07, 6.45) is 1.69. The number of carbonyl (C=O) groups excluding carboxylic acids is 1. The average molecular weight is 291 g/mol.